The molecule has 1 saturated heterocycles. The van der Waals surface area contributed by atoms with Crippen LogP contribution in [0, 0.1) is 6.92 Å². The normalized spacial score (nSPS) is 19.1. The van der Waals surface area contributed by atoms with E-state index in [2.05, 4.69) is 20.3 Å². The highest BCUT2D eigenvalue weighted by Crippen LogP contribution is 2.34. The number of aryl methyl sites for hydroxylation is 1. The molecule has 1 N–H and O–H groups in total. The lowest BCUT2D eigenvalue weighted by atomic mass is 10.0. The number of nitrogens with zero attached hydrogens (tertiary/aromatic N) is 4. The number of amides is 1. The van der Waals surface area contributed by atoms with Crippen LogP contribution in [0.2, 0.25) is 0 Å². The molecule has 0 bridgehead atoms. The Hall–Kier alpha value is -3.01. The standard InChI is InChI=1S/C23H25ClF3N5O2/c1-15-5-4-10-28-22(15)31-11-8-16(9-12-31)29-20(33)14-34-21-13-19(23(25,26)27)30-32(21)18-7-3-2-6-17(18)24/h2-5,7,10,13,16-17H,6,8-9,11-12,14H2,1H3,(H,29,33). The largest absolute Gasteiger partial charge is 0.467 e. The van der Waals surface area contributed by atoms with E-state index in [1.807, 2.05) is 25.1 Å². The van der Waals surface area contributed by atoms with Gasteiger partial charge in [-0.1, -0.05) is 18.2 Å². The number of carbonyl (C=O) groups excluding carboxylic acids is 1. The topological polar surface area (TPSA) is 72.3 Å². The minimum Gasteiger partial charge on any atom is -0.467 e. The van der Waals surface area contributed by atoms with Crippen LogP contribution in [0.15, 0.2) is 42.6 Å². The Morgan fingerprint density at radius 2 is 2.09 bits per heavy atom. The summed E-state index contributed by atoms with van der Waals surface area (Å²) < 4.78 is 46.2. The molecule has 1 aliphatic carbocycles. The first-order valence-electron chi connectivity index (χ1n) is 11.0. The Bertz CT molecular complexity index is 1090. The van der Waals surface area contributed by atoms with Gasteiger partial charge in [-0.15, -0.1) is 11.6 Å². The lowest BCUT2D eigenvalue weighted by Gasteiger charge is -2.33. The molecule has 34 heavy (non-hydrogen) atoms. The molecule has 0 aromatic carbocycles. The molecule has 11 heteroatoms. The molecule has 4 rings (SSSR count). The third-order valence-corrected chi connectivity index (χ3v) is 6.17. The van der Waals surface area contributed by atoms with E-state index in [-0.39, 0.29) is 11.9 Å². The van der Waals surface area contributed by atoms with Crippen LogP contribution in [0.3, 0.4) is 0 Å². The fraction of sp³-hybridized carbons (Fsp3) is 0.435. The van der Waals surface area contributed by atoms with E-state index in [1.54, 1.807) is 18.3 Å². The fourth-order valence-electron chi connectivity index (χ4n) is 4.04. The maximum Gasteiger partial charge on any atom is 0.435 e. The molecule has 182 valence electrons. The highest BCUT2D eigenvalue weighted by molar-refractivity contribution is 6.25. The van der Waals surface area contributed by atoms with Gasteiger partial charge in [-0.2, -0.15) is 18.3 Å². The molecule has 3 heterocycles. The number of pyridine rings is 1. The van der Waals surface area contributed by atoms with Gasteiger partial charge in [0.05, 0.1) is 11.1 Å². The Morgan fingerprint density at radius 1 is 1.32 bits per heavy atom. The quantitative estimate of drug-likeness (QED) is 0.609. The van der Waals surface area contributed by atoms with Crippen molar-refractivity contribution in [3.8, 4) is 5.88 Å². The van der Waals surface area contributed by atoms with Crippen LogP contribution in [0.4, 0.5) is 19.0 Å². The average molecular weight is 496 g/mol. The summed E-state index contributed by atoms with van der Waals surface area (Å²) in [6, 6.07) is 4.63. The van der Waals surface area contributed by atoms with Crippen molar-refractivity contribution in [3.05, 3.63) is 53.9 Å². The van der Waals surface area contributed by atoms with Crippen molar-refractivity contribution < 1.29 is 22.7 Å². The molecular formula is C23H25ClF3N5O2. The number of aromatic nitrogens is 3. The highest BCUT2D eigenvalue weighted by atomic mass is 35.5. The van der Waals surface area contributed by atoms with Gasteiger partial charge in [-0.3, -0.25) is 4.79 Å². The second-order valence-corrected chi connectivity index (χ2v) is 8.79. The number of anilines is 1. The van der Waals surface area contributed by atoms with Gasteiger partial charge >= 0.3 is 6.18 Å². The van der Waals surface area contributed by atoms with Crippen molar-refractivity contribution >= 4 is 29.0 Å². The summed E-state index contributed by atoms with van der Waals surface area (Å²) in [5.41, 5.74) is 0.336. The van der Waals surface area contributed by atoms with E-state index in [1.165, 1.54) is 0 Å². The molecule has 1 fully saturated rings. The molecule has 2 aromatic rings. The maximum absolute atomic E-state index is 13.2. The smallest absolute Gasteiger partial charge is 0.435 e. The zero-order chi connectivity index (χ0) is 24.3. The van der Waals surface area contributed by atoms with Crippen LogP contribution in [-0.4, -0.2) is 51.8 Å². The maximum atomic E-state index is 13.2. The number of allylic oxidation sites excluding steroid dienone is 4. The molecule has 2 aliphatic rings. The number of rotatable bonds is 6. The molecule has 0 saturated carbocycles. The number of hydrogen-bond donors (Lipinski definition) is 1. The SMILES string of the molecule is Cc1cccnc1N1CCC(NC(=O)COc2cc(C(F)(F)F)nn2C2=CC=CCC2Cl)CC1. The Labute approximate surface area is 200 Å². The predicted octanol–water partition coefficient (Wildman–Crippen LogP) is 4.18. The summed E-state index contributed by atoms with van der Waals surface area (Å²) in [4.78, 5) is 19.1. The van der Waals surface area contributed by atoms with E-state index in [9.17, 15) is 18.0 Å². The van der Waals surface area contributed by atoms with Crippen LogP contribution in [0.1, 0.15) is 30.5 Å². The molecule has 0 spiro atoms. The second-order valence-electron chi connectivity index (χ2n) is 8.26. The summed E-state index contributed by atoms with van der Waals surface area (Å²) in [5, 5.41) is 5.98. The number of ether oxygens (including phenoxy) is 1. The zero-order valence-electron chi connectivity index (χ0n) is 18.6. The Morgan fingerprint density at radius 3 is 2.76 bits per heavy atom. The van der Waals surface area contributed by atoms with Crippen LogP contribution in [-0.2, 0) is 11.0 Å². The third-order valence-electron chi connectivity index (χ3n) is 5.77. The van der Waals surface area contributed by atoms with E-state index in [4.69, 9.17) is 16.3 Å². The van der Waals surface area contributed by atoms with Crippen molar-refractivity contribution in [1.29, 1.82) is 0 Å². The van der Waals surface area contributed by atoms with E-state index < -0.39 is 29.8 Å². The number of carbonyl (C=O) groups is 1. The first-order chi connectivity index (χ1) is 16.2. The lowest BCUT2D eigenvalue weighted by Crippen LogP contribution is -2.46. The van der Waals surface area contributed by atoms with Crippen LogP contribution < -0.4 is 15.0 Å². The first-order valence-corrected chi connectivity index (χ1v) is 11.4. The highest BCUT2D eigenvalue weighted by Gasteiger charge is 2.36. The van der Waals surface area contributed by atoms with Gasteiger partial charge in [-0.25, -0.2) is 9.67 Å². The van der Waals surface area contributed by atoms with Gasteiger partial charge in [0.15, 0.2) is 12.3 Å². The van der Waals surface area contributed by atoms with Gasteiger partial charge < -0.3 is 15.0 Å². The number of hydrogen-bond acceptors (Lipinski definition) is 5. The number of nitrogens with one attached hydrogen (secondary N) is 1. The minimum absolute atomic E-state index is 0.0505. The van der Waals surface area contributed by atoms with Crippen LogP contribution >= 0.6 is 11.6 Å². The summed E-state index contributed by atoms with van der Waals surface area (Å²) >= 11 is 6.27. The number of alkyl halides is 4. The number of piperidine rings is 1. The van der Waals surface area contributed by atoms with Gasteiger partial charge in [0.25, 0.3) is 5.91 Å². The summed E-state index contributed by atoms with van der Waals surface area (Å²) in [7, 11) is 0. The Balaban J connectivity index is 1.36. The van der Waals surface area contributed by atoms with Crippen LogP contribution in [0.25, 0.3) is 5.70 Å². The summed E-state index contributed by atoms with van der Waals surface area (Å²) in [6.45, 7) is 3.06. The van der Waals surface area contributed by atoms with E-state index in [0.717, 1.165) is 48.1 Å². The van der Waals surface area contributed by atoms with E-state index in [0.29, 0.717) is 12.1 Å². The molecule has 0 radical (unpaired) electrons. The van der Waals surface area contributed by atoms with Crippen molar-refractivity contribution in [2.24, 2.45) is 0 Å². The average Bonchev–Trinajstić information content (AvgIpc) is 3.24. The molecule has 1 unspecified atom stereocenters. The molecule has 1 aliphatic heterocycles. The fourth-order valence-corrected chi connectivity index (χ4v) is 4.30. The van der Waals surface area contributed by atoms with Crippen molar-refractivity contribution in [2.75, 3.05) is 24.6 Å². The van der Waals surface area contributed by atoms with E-state index >= 15 is 0 Å². The molecular weight excluding hydrogens is 471 g/mol. The molecule has 1 amide bonds. The van der Waals surface area contributed by atoms with Crippen molar-refractivity contribution in [1.82, 2.24) is 20.1 Å². The monoisotopic (exact) mass is 495 g/mol. The van der Waals surface area contributed by atoms with Gasteiger partial charge in [0, 0.05) is 31.4 Å². The Kier molecular flexibility index (Phi) is 7.16. The minimum atomic E-state index is -4.65. The summed E-state index contributed by atoms with van der Waals surface area (Å²) in [5.74, 6) is 0.345. The molecule has 1 atom stereocenters. The molecule has 7 nitrogen and oxygen atoms in total. The second kappa shape index (κ2) is 10.1. The number of halogens is 4. The molecule has 2 aromatic heterocycles. The predicted molar refractivity (Wildman–Crippen MR) is 123 cm³/mol. The summed E-state index contributed by atoms with van der Waals surface area (Å²) in [6.07, 6.45) is 4.09. The van der Waals surface area contributed by atoms with Gasteiger partial charge in [0.1, 0.15) is 5.82 Å². The van der Waals surface area contributed by atoms with Crippen molar-refractivity contribution in [3.63, 3.8) is 0 Å². The third kappa shape index (κ3) is 5.55. The van der Waals surface area contributed by atoms with Crippen LogP contribution in [0.5, 0.6) is 5.88 Å². The zero-order valence-corrected chi connectivity index (χ0v) is 19.3. The van der Waals surface area contributed by atoms with Crippen molar-refractivity contribution in [2.45, 2.75) is 43.8 Å². The van der Waals surface area contributed by atoms with Gasteiger partial charge in [0.2, 0.25) is 5.88 Å². The first kappa shape index (κ1) is 24.1. The van der Waals surface area contributed by atoms with Gasteiger partial charge in [-0.05, 0) is 43.9 Å². The lowest BCUT2D eigenvalue weighted by molar-refractivity contribution is -0.141.